The zero-order chi connectivity index (χ0) is 14.0. The second-order valence-corrected chi connectivity index (χ2v) is 6.05. The number of alkyl halides is 1. The summed E-state index contributed by atoms with van der Waals surface area (Å²) in [5.74, 6) is -1.34. The van der Waals surface area contributed by atoms with Crippen molar-refractivity contribution in [3.05, 3.63) is 0 Å². The fourth-order valence-electron chi connectivity index (χ4n) is 0.840. The largest absolute Gasteiger partial charge is 0.467 e. The highest BCUT2D eigenvalue weighted by Crippen LogP contribution is 2.48. The van der Waals surface area contributed by atoms with Gasteiger partial charge in [0.05, 0.1) is 20.4 Å². The summed E-state index contributed by atoms with van der Waals surface area (Å²) in [6.07, 6.45) is 0.603. The lowest BCUT2D eigenvalue weighted by atomic mass is 10.6. The van der Waals surface area contributed by atoms with Crippen molar-refractivity contribution in [1.82, 2.24) is 0 Å². The van der Waals surface area contributed by atoms with Crippen molar-refractivity contribution >= 4 is 35.5 Å². The van der Waals surface area contributed by atoms with Crippen molar-refractivity contribution in [2.75, 3.05) is 38.9 Å². The Morgan fingerprint density at radius 3 is 1.83 bits per heavy atom. The Bertz CT molecular complexity index is 296. The number of rotatable bonds is 9. The van der Waals surface area contributed by atoms with Gasteiger partial charge in [0.15, 0.2) is 13.2 Å². The first kappa shape index (κ1) is 17.6. The normalized spacial score (nSPS) is 11.1. The standard InChI is InChI=1S/C9H16BrO7P/c1-14-8(11)6-16-18(13,5-3-4-10)17-7-9(12)15-2/h3-7H2,1-2H3. The molecular weight excluding hydrogens is 331 g/mol. The molecule has 0 aromatic carbocycles. The zero-order valence-corrected chi connectivity index (χ0v) is 12.7. The number of hydrogen-bond donors (Lipinski definition) is 0. The minimum Gasteiger partial charge on any atom is -0.467 e. The van der Waals surface area contributed by atoms with E-state index in [4.69, 9.17) is 9.05 Å². The van der Waals surface area contributed by atoms with Crippen LogP contribution in [0.5, 0.6) is 0 Å². The summed E-state index contributed by atoms with van der Waals surface area (Å²) in [6, 6.07) is 0. The number of methoxy groups -OCH3 is 2. The van der Waals surface area contributed by atoms with Gasteiger partial charge < -0.3 is 9.47 Å². The maximum Gasteiger partial charge on any atom is 0.332 e. The molecule has 0 aliphatic rings. The number of esters is 2. The van der Waals surface area contributed by atoms with E-state index in [1.54, 1.807) is 0 Å². The minimum absolute atomic E-state index is 0.0895. The molecule has 18 heavy (non-hydrogen) atoms. The Hall–Kier alpha value is -0.430. The van der Waals surface area contributed by atoms with Crippen LogP contribution < -0.4 is 0 Å². The van der Waals surface area contributed by atoms with Crippen molar-refractivity contribution in [3.63, 3.8) is 0 Å². The summed E-state index contributed by atoms with van der Waals surface area (Å²) in [5.41, 5.74) is 0. The van der Waals surface area contributed by atoms with E-state index in [1.165, 1.54) is 14.2 Å². The van der Waals surface area contributed by atoms with Gasteiger partial charge in [-0.1, -0.05) is 15.9 Å². The van der Waals surface area contributed by atoms with Crippen LogP contribution >= 0.6 is 23.5 Å². The van der Waals surface area contributed by atoms with Crippen LogP contribution in [0.2, 0.25) is 0 Å². The maximum atomic E-state index is 12.1. The lowest BCUT2D eigenvalue weighted by Crippen LogP contribution is -2.15. The summed E-state index contributed by atoms with van der Waals surface area (Å²) in [6.45, 7) is -0.978. The Labute approximate surface area is 114 Å². The fraction of sp³-hybridized carbons (Fsp3) is 0.778. The Morgan fingerprint density at radius 2 is 1.50 bits per heavy atom. The molecule has 0 unspecified atom stereocenters. The van der Waals surface area contributed by atoms with Crippen LogP contribution in [-0.4, -0.2) is 50.9 Å². The van der Waals surface area contributed by atoms with Crippen LogP contribution in [-0.2, 0) is 32.7 Å². The quantitative estimate of drug-likeness (QED) is 0.353. The maximum absolute atomic E-state index is 12.1. The van der Waals surface area contributed by atoms with Crippen LogP contribution in [0, 0.1) is 0 Å². The van der Waals surface area contributed by atoms with Crippen molar-refractivity contribution in [1.29, 1.82) is 0 Å². The van der Waals surface area contributed by atoms with Gasteiger partial charge in [0, 0.05) is 5.33 Å². The average Bonchev–Trinajstić information content (AvgIpc) is 2.40. The third-order valence-electron chi connectivity index (χ3n) is 1.78. The molecule has 0 aromatic heterocycles. The highest BCUT2D eigenvalue weighted by molar-refractivity contribution is 9.09. The molecule has 0 fully saturated rings. The van der Waals surface area contributed by atoms with Crippen LogP contribution in [0.4, 0.5) is 0 Å². The van der Waals surface area contributed by atoms with Gasteiger partial charge in [0.1, 0.15) is 0 Å². The van der Waals surface area contributed by atoms with Gasteiger partial charge in [-0.15, -0.1) is 0 Å². The molecule has 0 saturated carbocycles. The third-order valence-corrected chi connectivity index (χ3v) is 4.25. The molecule has 7 nitrogen and oxygen atoms in total. The second kappa shape index (κ2) is 9.49. The fourth-order valence-corrected chi connectivity index (χ4v) is 3.04. The minimum atomic E-state index is -3.50. The molecule has 0 atom stereocenters. The van der Waals surface area contributed by atoms with Crippen LogP contribution in [0.25, 0.3) is 0 Å². The Kier molecular flexibility index (Phi) is 9.27. The van der Waals surface area contributed by atoms with E-state index < -0.39 is 32.7 Å². The summed E-state index contributed by atoms with van der Waals surface area (Å²) in [5, 5.41) is 0.597. The molecule has 0 saturated heterocycles. The molecule has 9 heteroatoms. The van der Waals surface area contributed by atoms with Gasteiger partial charge >= 0.3 is 19.5 Å². The zero-order valence-electron chi connectivity index (χ0n) is 10.2. The van der Waals surface area contributed by atoms with Gasteiger partial charge in [-0.2, -0.15) is 0 Å². The number of hydrogen-bond acceptors (Lipinski definition) is 7. The highest BCUT2D eigenvalue weighted by atomic mass is 79.9. The Balaban J connectivity index is 4.37. The summed E-state index contributed by atoms with van der Waals surface area (Å²) in [4.78, 5) is 21.8. The first-order chi connectivity index (χ1) is 8.47. The molecule has 0 N–H and O–H groups in total. The predicted molar refractivity (Wildman–Crippen MR) is 66.8 cm³/mol. The number of halogens is 1. The van der Waals surface area contributed by atoms with Gasteiger partial charge in [-0.3, -0.25) is 13.6 Å². The molecule has 0 rings (SSSR count). The second-order valence-electron chi connectivity index (χ2n) is 3.08. The molecule has 0 spiro atoms. The van der Waals surface area contributed by atoms with E-state index in [9.17, 15) is 14.2 Å². The van der Waals surface area contributed by atoms with Crippen molar-refractivity contribution < 1.29 is 32.7 Å². The van der Waals surface area contributed by atoms with Gasteiger partial charge in [-0.25, -0.2) is 9.59 Å². The molecule has 0 aromatic rings. The van der Waals surface area contributed by atoms with E-state index >= 15 is 0 Å². The first-order valence-corrected chi connectivity index (χ1v) is 7.90. The first-order valence-electron chi connectivity index (χ1n) is 5.05. The van der Waals surface area contributed by atoms with E-state index in [1.807, 2.05) is 0 Å². The average molecular weight is 347 g/mol. The van der Waals surface area contributed by atoms with E-state index in [-0.39, 0.29) is 6.16 Å². The van der Waals surface area contributed by atoms with E-state index in [2.05, 4.69) is 25.4 Å². The SMILES string of the molecule is COC(=O)COP(=O)(CCCBr)OCC(=O)OC. The van der Waals surface area contributed by atoms with Gasteiger partial charge in [0.2, 0.25) is 0 Å². The van der Waals surface area contributed by atoms with Crippen LogP contribution in [0.1, 0.15) is 6.42 Å². The van der Waals surface area contributed by atoms with E-state index in [0.717, 1.165) is 0 Å². The number of carbonyl (C=O) groups is 2. The van der Waals surface area contributed by atoms with Crippen molar-refractivity contribution in [3.8, 4) is 0 Å². The molecule has 0 aliphatic carbocycles. The molecule has 0 aliphatic heterocycles. The summed E-state index contributed by atoms with van der Waals surface area (Å²) >= 11 is 3.17. The molecule has 0 heterocycles. The molecular formula is C9H16BrO7P. The van der Waals surface area contributed by atoms with Crippen molar-refractivity contribution in [2.24, 2.45) is 0 Å². The van der Waals surface area contributed by atoms with Gasteiger partial charge in [0.25, 0.3) is 0 Å². The monoisotopic (exact) mass is 346 g/mol. The molecule has 106 valence electrons. The van der Waals surface area contributed by atoms with Gasteiger partial charge in [-0.05, 0) is 6.42 Å². The smallest absolute Gasteiger partial charge is 0.332 e. The molecule has 0 amide bonds. The third kappa shape index (κ3) is 7.81. The summed E-state index contributed by atoms with van der Waals surface area (Å²) in [7, 11) is -1.13. The lowest BCUT2D eigenvalue weighted by Gasteiger charge is -2.16. The number of carbonyl (C=O) groups excluding carboxylic acids is 2. The Morgan fingerprint density at radius 1 is 1.06 bits per heavy atom. The predicted octanol–water partition coefficient (Wildman–Crippen LogP) is 1.34. The lowest BCUT2D eigenvalue weighted by molar-refractivity contribution is -0.143. The highest BCUT2D eigenvalue weighted by Gasteiger charge is 2.26. The summed E-state index contributed by atoms with van der Waals surface area (Å²) < 4.78 is 30.7. The van der Waals surface area contributed by atoms with Crippen LogP contribution in [0.3, 0.4) is 0 Å². The number of ether oxygens (including phenoxy) is 2. The van der Waals surface area contributed by atoms with Crippen molar-refractivity contribution in [2.45, 2.75) is 6.42 Å². The topological polar surface area (TPSA) is 88.1 Å². The van der Waals surface area contributed by atoms with Crippen LogP contribution in [0.15, 0.2) is 0 Å². The molecule has 0 bridgehead atoms. The van der Waals surface area contributed by atoms with E-state index in [0.29, 0.717) is 11.8 Å². The molecule has 0 radical (unpaired) electrons.